The number of likely N-dealkylation sites (tertiary alicyclic amines) is 1. The van der Waals surface area contributed by atoms with Gasteiger partial charge in [0.2, 0.25) is 5.91 Å². The Balaban J connectivity index is 1.52. The molecule has 1 saturated heterocycles. The monoisotopic (exact) mass is 304 g/mol. The van der Waals surface area contributed by atoms with Crippen LogP contribution in [-0.4, -0.2) is 41.9 Å². The summed E-state index contributed by atoms with van der Waals surface area (Å²) in [7, 11) is 1.89. The summed E-state index contributed by atoms with van der Waals surface area (Å²) in [4.78, 5) is 17.0. The largest absolute Gasteiger partial charge is 0.464 e. The summed E-state index contributed by atoms with van der Waals surface area (Å²) >= 11 is 0. The Morgan fingerprint density at radius 2 is 2.05 bits per heavy atom. The molecule has 2 fully saturated rings. The minimum atomic E-state index is 0.169. The Morgan fingerprint density at radius 1 is 1.27 bits per heavy atom. The molecule has 4 nitrogen and oxygen atoms in total. The summed E-state index contributed by atoms with van der Waals surface area (Å²) in [6.45, 7) is 4.55. The summed E-state index contributed by atoms with van der Waals surface area (Å²) in [5.74, 6) is 2.21. The van der Waals surface area contributed by atoms with Crippen molar-refractivity contribution >= 4 is 5.91 Å². The number of hydrogen-bond donors (Lipinski definition) is 0. The number of carbonyl (C=O) groups excluding carboxylic acids is 1. The summed E-state index contributed by atoms with van der Waals surface area (Å²) in [6, 6.07) is 4.64. The van der Waals surface area contributed by atoms with Gasteiger partial charge in [0.05, 0.1) is 12.5 Å². The highest BCUT2D eigenvalue weighted by Crippen LogP contribution is 2.28. The summed E-state index contributed by atoms with van der Waals surface area (Å²) in [5, 5.41) is 0. The Hall–Kier alpha value is -1.29. The standard InChI is InChI=1S/C18H28N2O2/c1-14-8-9-17(22-14)13-19(2)18(21)15-10-11-20(12-15)16-6-4-3-5-7-16/h8-9,15-16H,3-7,10-13H2,1-2H3/t15-/m0/s1. The van der Waals surface area contributed by atoms with Crippen molar-refractivity contribution < 1.29 is 9.21 Å². The van der Waals surface area contributed by atoms with E-state index in [0.717, 1.165) is 37.1 Å². The lowest BCUT2D eigenvalue weighted by molar-refractivity contribution is -0.134. The van der Waals surface area contributed by atoms with Gasteiger partial charge in [0, 0.05) is 19.6 Å². The van der Waals surface area contributed by atoms with Gasteiger partial charge < -0.3 is 9.32 Å². The molecule has 0 radical (unpaired) electrons. The quantitative estimate of drug-likeness (QED) is 0.857. The van der Waals surface area contributed by atoms with Gasteiger partial charge in [0.15, 0.2) is 0 Å². The predicted octanol–water partition coefficient (Wildman–Crippen LogP) is 3.20. The van der Waals surface area contributed by atoms with Crippen molar-refractivity contribution in [2.75, 3.05) is 20.1 Å². The number of furan rings is 1. The molecule has 0 unspecified atom stereocenters. The van der Waals surface area contributed by atoms with E-state index in [2.05, 4.69) is 4.90 Å². The van der Waals surface area contributed by atoms with Crippen molar-refractivity contribution in [3.63, 3.8) is 0 Å². The molecule has 0 spiro atoms. The molecule has 1 amide bonds. The average molecular weight is 304 g/mol. The van der Waals surface area contributed by atoms with E-state index in [0.29, 0.717) is 6.54 Å². The smallest absolute Gasteiger partial charge is 0.227 e. The van der Waals surface area contributed by atoms with Gasteiger partial charge in [-0.05, 0) is 44.9 Å². The third-order valence-electron chi connectivity index (χ3n) is 5.23. The molecule has 4 heteroatoms. The zero-order valence-corrected chi connectivity index (χ0v) is 13.9. The van der Waals surface area contributed by atoms with E-state index in [1.54, 1.807) is 0 Å². The molecule has 1 atom stereocenters. The first-order valence-corrected chi connectivity index (χ1v) is 8.68. The SMILES string of the molecule is Cc1ccc(CN(C)C(=O)[C@H]2CCN(C3CCCCC3)C2)o1. The van der Waals surface area contributed by atoms with Crippen LogP contribution in [0.5, 0.6) is 0 Å². The Kier molecular flexibility index (Phi) is 4.87. The molecular formula is C18H28N2O2. The first-order chi connectivity index (χ1) is 10.6. The summed E-state index contributed by atoms with van der Waals surface area (Å²) in [5.41, 5.74) is 0. The van der Waals surface area contributed by atoms with Gasteiger partial charge in [-0.3, -0.25) is 9.69 Å². The van der Waals surface area contributed by atoms with Crippen molar-refractivity contribution in [1.82, 2.24) is 9.80 Å². The second-order valence-electron chi connectivity index (χ2n) is 6.98. The molecule has 1 saturated carbocycles. The van der Waals surface area contributed by atoms with Gasteiger partial charge in [-0.15, -0.1) is 0 Å². The van der Waals surface area contributed by atoms with Crippen molar-refractivity contribution in [3.8, 4) is 0 Å². The lowest BCUT2D eigenvalue weighted by Gasteiger charge is -2.31. The fraction of sp³-hybridized carbons (Fsp3) is 0.722. The fourth-order valence-electron chi connectivity index (χ4n) is 3.96. The molecule has 2 heterocycles. The minimum Gasteiger partial charge on any atom is -0.464 e. The molecule has 0 aromatic carbocycles. The van der Waals surface area contributed by atoms with E-state index < -0.39 is 0 Å². The molecule has 2 aliphatic rings. The van der Waals surface area contributed by atoms with Gasteiger partial charge in [-0.2, -0.15) is 0 Å². The molecule has 22 heavy (non-hydrogen) atoms. The van der Waals surface area contributed by atoms with Gasteiger partial charge in [0.25, 0.3) is 0 Å². The average Bonchev–Trinajstić information content (AvgIpc) is 3.17. The molecule has 1 aliphatic heterocycles. The molecule has 1 aromatic heterocycles. The van der Waals surface area contributed by atoms with E-state index in [1.165, 1.54) is 32.1 Å². The van der Waals surface area contributed by atoms with Crippen molar-refractivity contribution in [3.05, 3.63) is 23.7 Å². The maximum atomic E-state index is 12.6. The van der Waals surface area contributed by atoms with Crippen LogP contribution in [-0.2, 0) is 11.3 Å². The third kappa shape index (κ3) is 3.54. The predicted molar refractivity (Wildman–Crippen MR) is 86.5 cm³/mol. The maximum absolute atomic E-state index is 12.6. The Morgan fingerprint density at radius 3 is 2.73 bits per heavy atom. The summed E-state index contributed by atoms with van der Waals surface area (Å²) < 4.78 is 5.58. The molecule has 1 aromatic rings. The van der Waals surface area contributed by atoms with E-state index in [-0.39, 0.29) is 11.8 Å². The van der Waals surface area contributed by atoms with E-state index in [1.807, 2.05) is 31.0 Å². The number of carbonyl (C=O) groups is 1. The van der Waals surface area contributed by atoms with Crippen LogP contribution in [0.1, 0.15) is 50.0 Å². The van der Waals surface area contributed by atoms with Crippen LogP contribution >= 0.6 is 0 Å². The zero-order valence-electron chi connectivity index (χ0n) is 13.9. The van der Waals surface area contributed by atoms with Crippen LogP contribution in [0.3, 0.4) is 0 Å². The van der Waals surface area contributed by atoms with Gasteiger partial charge >= 0.3 is 0 Å². The third-order valence-corrected chi connectivity index (χ3v) is 5.23. The van der Waals surface area contributed by atoms with Crippen LogP contribution in [0.15, 0.2) is 16.5 Å². The van der Waals surface area contributed by atoms with Crippen LogP contribution in [0.4, 0.5) is 0 Å². The lowest BCUT2D eigenvalue weighted by Crippen LogP contribution is -2.38. The molecule has 1 aliphatic carbocycles. The van der Waals surface area contributed by atoms with Crippen LogP contribution < -0.4 is 0 Å². The highest BCUT2D eigenvalue weighted by molar-refractivity contribution is 5.79. The highest BCUT2D eigenvalue weighted by atomic mass is 16.3. The van der Waals surface area contributed by atoms with E-state index in [4.69, 9.17) is 4.42 Å². The second kappa shape index (κ2) is 6.86. The maximum Gasteiger partial charge on any atom is 0.227 e. The van der Waals surface area contributed by atoms with Gasteiger partial charge in [-0.1, -0.05) is 19.3 Å². The summed E-state index contributed by atoms with van der Waals surface area (Å²) in [6.07, 6.45) is 7.76. The topological polar surface area (TPSA) is 36.7 Å². The Bertz CT molecular complexity index is 505. The number of nitrogens with zero attached hydrogens (tertiary/aromatic N) is 2. The highest BCUT2D eigenvalue weighted by Gasteiger charge is 2.34. The number of aryl methyl sites for hydroxylation is 1. The van der Waals surface area contributed by atoms with Gasteiger partial charge in [0.1, 0.15) is 11.5 Å². The van der Waals surface area contributed by atoms with Crippen LogP contribution in [0.2, 0.25) is 0 Å². The second-order valence-corrected chi connectivity index (χ2v) is 6.98. The minimum absolute atomic E-state index is 0.169. The van der Waals surface area contributed by atoms with Crippen molar-refractivity contribution in [2.24, 2.45) is 5.92 Å². The molecule has 122 valence electrons. The zero-order chi connectivity index (χ0) is 15.5. The van der Waals surface area contributed by atoms with E-state index >= 15 is 0 Å². The number of hydrogen-bond acceptors (Lipinski definition) is 3. The lowest BCUT2D eigenvalue weighted by atomic mass is 9.94. The fourth-order valence-corrected chi connectivity index (χ4v) is 3.96. The Labute approximate surface area is 133 Å². The first kappa shape index (κ1) is 15.6. The van der Waals surface area contributed by atoms with E-state index in [9.17, 15) is 4.79 Å². The number of rotatable bonds is 4. The van der Waals surface area contributed by atoms with Crippen LogP contribution in [0, 0.1) is 12.8 Å². The normalized spacial score (nSPS) is 23.8. The van der Waals surface area contributed by atoms with Crippen molar-refractivity contribution in [2.45, 2.75) is 58.0 Å². The first-order valence-electron chi connectivity index (χ1n) is 8.68. The van der Waals surface area contributed by atoms with Crippen LogP contribution in [0.25, 0.3) is 0 Å². The molecule has 3 rings (SSSR count). The number of amides is 1. The molecule has 0 N–H and O–H groups in total. The van der Waals surface area contributed by atoms with Gasteiger partial charge in [-0.25, -0.2) is 0 Å². The molecular weight excluding hydrogens is 276 g/mol. The molecule has 0 bridgehead atoms. The van der Waals surface area contributed by atoms with Crippen molar-refractivity contribution in [1.29, 1.82) is 0 Å².